The molecule has 1 aliphatic carbocycles. The zero-order valence-electron chi connectivity index (χ0n) is 11.0. The summed E-state index contributed by atoms with van der Waals surface area (Å²) in [4.78, 5) is 12.2. The molecule has 0 saturated heterocycles. The summed E-state index contributed by atoms with van der Waals surface area (Å²) in [6, 6.07) is 0. The molecule has 1 atom stereocenters. The predicted molar refractivity (Wildman–Crippen MR) is 63.9 cm³/mol. The number of Topliss-reactive ketones (excluding diaryl/α,β-unsaturated/α-hetero) is 1. The Morgan fingerprint density at radius 3 is 2.61 bits per heavy atom. The smallest absolute Gasteiger partial charge is 0.248 e. The maximum atomic E-state index is 13.1. The van der Waals surface area contributed by atoms with Crippen LogP contribution in [0.4, 0.5) is 8.78 Å². The molecule has 1 fully saturated rings. The average Bonchev–Trinajstić information content (AvgIpc) is 2.68. The van der Waals surface area contributed by atoms with Gasteiger partial charge >= 0.3 is 0 Å². The van der Waals surface area contributed by atoms with E-state index in [4.69, 9.17) is 0 Å². The number of halogens is 2. The van der Waals surface area contributed by atoms with E-state index in [0.717, 1.165) is 5.69 Å². The molecule has 2 rings (SSSR count). The zero-order chi connectivity index (χ0) is 13.5. The molecule has 18 heavy (non-hydrogen) atoms. The van der Waals surface area contributed by atoms with E-state index in [2.05, 4.69) is 5.10 Å². The van der Waals surface area contributed by atoms with Gasteiger partial charge in [0.05, 0.1) is 11.3 Å². The fraction of sp³-hybridized carbons (Fsp3) is 0.692. The van der Waals surface area contributed by atoms with E-state index in [9.17, 15) is 13.6 Å². The first-order valence-electron chi connectivity index (χ1n) is 6.21. The van der Waals surface area contributed by atoms with Crippen LogP contribution in [0.2, 0.25) is 0 Å². The molecule has 0 aliphatic heterocycles. The van der Waals surface area contributed by atoms with E-state index in [1.165, 1.54) is 0 Å². The van der Waals surface area contributed by atoms with Crippen LogP contribution in [0.1, 0.15) is 47.4 Å². The van der Waals surface area contributed by atoms with Gasteiger partial charge in [-0.15, -0.1) is 0 Å². The van der Waals surface area contributed by atoms with Crippen LogP contribution in [0.15, 0.2) is 0 Å². The van der Waals surface area contributed by atoms with Crippen molar-refractivity contribution in [3.8, 4) is 0 Å². The minimum atomic E-state index is -2.58. The number of nitrogens with zero attached hydrogens (tertiary/aromatic N) is 2. The minimum Gasteiger partial charge on any atom is -0.294 e. The molecular weight excluding hydrogens is 238 g/mol. The van der Waals surface area contributed by atoms with Crippen molar-refractivity contribution in [3.05, 3.63) is 17.0 Å². The number of carbonyl (C=O) groups is 1. The molecule has 0 N–H and O–H groups in total. The van der Waals surface area contributed by atoms with Crippen molar-refractivity contribution in [1.29, 1.82) is 0 Å². The highest BCUT2D eigenvalue weighted by atomic mass is 19.3. The third kappa shape index (κ3) is 2.44. The number of aryl methyl sites for hydroxylation is 2. The summed E-state index contributed by atoms with van der Waals surface area (Å²) in [7, 11) is 1.78. The highest BCUT2D eigenvalue weighted by Gasteiger charge is 2.40. The second-order valence-electron chi connectivity index (χ2n) is 5.26. The molecule has 1 aromatic rings. The van der Waals surface area contributed by atoms with Crippen LogP contribution in [0.5, 0.6) is 0 Å². The fourth-order valence-electron chi connectivity index (χ4n) is 2.76. The van der Waals surface area contributed by atoms with Crippen LogP contribution < -0.4 is 0 Å². The SMILES string of the molecule is Cc1nn(C)c(C)c1C(=O)CC1CCC(F)(F)C1. The Bertz CT molecular complexity index is 480. The van der Waals surface area contributed by atoms with Gasteiger partial charge < -0.3 is 0 Å². The molecular formula is C13H18F2N2O. The maximum absolute atomic E-state index is 13.1. The predicted octanol–water partition coefficient (Wildman–Crippen LogP) is 3.05. The monoisotopic (exact) mass is 256 g/mol. The van der Waals surface area contributed by atoms with E-state index < -0.39 is 5.92 Å². The Kier molecular flexibility index (Phi) is 3.25. The van der Waals surface area contributed by atoms with Gasteiger partial charge in [0.1, 0.15) is 0 Å². The van der Waals surface area contributed by atoms with Gasteiger partial charge in [-0.3, -0.25) is 9.48 Å². The van der Waals surface area contributed by atoms with Crippen molar-refractivity contribution in [2.45, 2.75) is 45.5 Å². The maximum Gasteiger partial charge on any atom is 0.248 e. The van der Waals surface area contributed by atoms with Crippen molar-refractivity contribution >= 4 is 5.78 Å². The van der Waals surface area contributed by atoms with E-state index in [-0.39, 0.29) is 31.0 Å². The molecule has 5 heteroatoms. The molecule has 0 radical (unpaired) electrons. The van der Waals surface area contributed by atoms with Crippen molar-refractivity contribution in [2.24, 2.45) is 13.0 Å². The van der Waals surface area contributed by atoms with Crippen LogP contribution in [0, 0.1) is 19.8 Å². The molecule has 1 unspecified atom stereocenters. The summed E-state index contributed by atoms with van der Waals surface area (Å²) in [5.41, 5.74) is 2.10. The van der Waals surface area contributed by atoms with Gasteiger partial charge in [-0.1, -0.05) is 0 Å². The molecule has 0 aromatic carbocycles. The molecule has 1 aliphatic rings. The molecule has 1 heterocycles. The first-order valence-corrected chi connectivity index (χ1v) is 6.21. The summed E-state index contributed by atoms with van der Waals surface area (Å²) >= 11 is 0. The van der Waals surface area contributed by atoms with Crippen molar-refractivity contribution < 1.29 is 13.6 Å². The molecule has 100 valence electrons. The lowest BCUT2D eigenvalue weighted by atomic mass is 9.96. The van der Waals surface area contributed by atoms with Gasteiger partial charge in [0.25, 0.3) is 0 Å². The van der Waals surface area contributed by atoms with Crippen molar-refractivity contribution in [2.75, 3.05) is 0 Å². The van der Waals surface area contributed by atoms with E-state index in [1.54, 1.807) is 18.7 Å². The van der Waals surface area contributed by atoms with Crippen LogP contribution in [0.3, 0.4) is 0 Å². The molecule has 1 aromatic heterocycles. The van der Waals surface area contributed by atoms with E-state index in [1.807, 2.05) is 6.92 Å². The Labute approximate surface area is 105 Å². The van der Waals surface area contributed by atoms with Crippen molar-refractivity contribution in [3.63, 3.8) is 0 Å². The largest absolute Gasteiger partial charge is 0.294 e. The lowest BCUT2D eigenvalue weighted by Crippen LogP contribution is -2.12. The first kappa shape index (κ1) is 13.2. The molecule has 0 bridgehead atoms. The van der Waals surface area contributed by atoms with Crippen LogP contribution >= 0.6 is 0 Å². The van der Waals surface area contributed by atoms with Gasteiger partial charge in [0.15, 0.2) is 5.78 Å². The molecule has 3 nitrogen and oxygen atoms in total. The number of carbonyl (C=O) groups excluding carboxylic acids is 1. The third-order valence-electron chi connectivity index (χ3n) is 3.77. The lowest BCUT2D eigenvalue weighted by Gasteiger charge is -2.10. The number of rotatable bonds is 3. The first-order chi connectivity index (χ1) is 8.30. The van der Waals surface area contributed by atoms with E-state index >= 15 is 0 Å². The van der Waals surface area contributed by atoms with Gasteiger partial charge in [-0.2, -0.15) is 5.10 Å². The van der Waals surface area contributed by atoms with Gasteiger partial charge in [0, 0.05) is 32.0 Å². The fourth-order valence-corrected chi connectivity index (χ4v) is 2.76. The number of alkyl halides is 2. The Morgan fingerprint density at radius 1 is 1.50 bits per heavy atom. The van der Waals surface area contributed by atoms with E-state index in [0.29, 0.717) is 17.7 Å². The van der Waals surface area contributed by atoms with Gasteiger partial charge in [0.2, 0.25) is 5.92 Å². The summed E-state index contributed by atoms with van der Waals surface area (Å²) < 4.78 is 27.8. The highest BCUT2D eigenvalue weighted by molar-refractivity contribution is 5.98. The molecule has 0 amide bonds. The average molecular weight is 256 g/mol. The van der Waals surface area contributed by atoms with Gasteiger partial charge in [-0.25, -0.2) is 8.78 Å². The molecule has 0 spiro atoms. The second-order valence-corrected chi connectivity index (χ2v) is 5.26. The van der Waals surface area contributed by atoms with Crippen molar-refractivity contribution in [1.82, 2.24) is 9.78 Å². The number of aromatic nitrogens is 2. The lowest BCUT2D eigenvalue weighted by molar-refractivity contribution is 0.00497. The van der Waals surface area contributed by atoms with Crippen LogP contribution in [0.25, 0.3) is 0 Å². The highest BCUT2D eigenvalue weighted by Crippen LogP contribution is 2.40. The summed E-state index contributed by atoms with van der Waals surface area (Å²) in [5.74, 6) is -2.82. The Hall–Kier alpha value is -1.26. The normalized spacial score (nSPS) is 22.4. The molecule has 1 saturated carbocycles. The Balaban J connectivity index is 2.09. The second kappa shape index (κ2) is 4.44. The third-order valence-corrected chi connectivity index (χ3v) is 3.77. The summed E-state index contributed by atoms with van der Waals surface area (Å²) in [6.07, 6.45) is 0.410. The Morgan fingerprint density at radius 2 is 2.17 bits per heavy atom. The minimum absolute atomic E-state index is 0.0548. The van der Waals surface area contributed by atoms with Crippen LogP contribution in [-0.4, -0.2) is 21.5 Å². The summed E-state index contributed by atoms with van der Waals surface area (Å²) in [5, 5.41) is 4.18. The number of hydrogen-bond acceptors (Lipinski definition) is 2. The summed E-state index contributed by atoms with van der Waals surface area (Å²) in [6.45, 7) is 3.61. The number of ketones is 1. The van der Waals surface area contributed by atoms with Gasteiger partial charge in [-0.05, 0) is 26.2 Å². The quantitative estimate of drug-likeness (QED) is 0.779. The standard InChI is InChI=1S/C13H18F2N2O/c1-8-12(9(2)17(3)16-8)11(18)6-10-4-5-13(14,15)7-10/h10H,4-7H2,1-3H3. The number of hydrogen-bond donors (Lipinski definition) is 0. The topological polar surface area (TPSA) is 34.9 Å². The van der Waals surface area contributed by atoms with Crippen LogP contribution in [-0.2, 0) is 7.05 Å². The zero-order valence-corrected chi connectivity index (χ0v) is 11.0.